The van der Waals surface area contributed by atoms with Gasteiger partial charge in [-0.3, -0.25) is 4.72 Å². The molecule has 0 saturated heterocycles. The Kier molecular flexibility index (Phi) is 6.10. The summed E-state index contributed by atoms with van der Waals surface area (Å²) in [4.78, 5) is 16.6. The maximum atomic E-state index is 12.3. The van der Waals surface area contributed by atoms with Crippen molar-refractivity contribution in [1.29, 1.82) is 0 Å². The summed E-state index contributed by atoms with van der Waals surface area (Å²) < 4.78 is 36.8. The zero-order valence-corrected chi connectivity index (χ0v) is 16.1. The van der Waals surface area contributed by atoms with E-state index in [0.29, 0.717) is 23.7 Å². The van der Waals surface area contributed by atoms with Crippen LogP contribution in [0.15, 0.2) is 65.3 Å². The van der Waals surface area contributed by atoms with Crippen molar-refractivity contribution >= 4 is 21.7 Å². The van der Waals surface area contributed by atoms with Crippen molar-refractivity contribution in [3.63, 3.8) is 0 Å². The van der Waals surface area contributed by atoms with Crippen LogP contribution in [-0.2, 0) is 21.4 Å². The largest absolute Gasteiger partial charge is 0.455 e. The van der Waals surface area contributed by atoms with Crippen LogP contribution < -0.4 is 4.72 Å². The Bertz CT molecular complexity index is 1050. The molecule has 0 atom stereocenters. The molecule has 146 valence electrons. The molecule has 1 aromatic heterocycles. The van der Waals surface area contributed by atoms with Gasteiger partial charge in [-0.05, 0) is 36.8 Å². The molecule has 1 N–H and O–H groups in total. The Morgan fingerprint density at radius 3 is 2.68 bits per heavy atom. The third kappa shape index (κ3) is 5.20. The van der Waals surface area contributed by atoms with Crippen molar-refractivity contribution in [1.82, 2.24) is 4.98 Å². The average Bonchev–Trinajstić information content (AvgIpc) is 3.15. The van der Waals surface area contributed by atoms with Crippen molar-refractivity contribution in [2.75, 3.05) is 10.5 Å². The number of hydrogen-bond donors (Lipinski definition) is 1. The first-order chi connectivity index (χ1) is 13.5. The van der Waals surface area contributed by atoms with Gasteiger partial charge in [-0.2, -0.15) is 0 Å². The van der Waals surface area contributed by atoms with Crippen molar-refractivity contribution < 1.29 is 22.4 Å². The molecule has 0 fully saturated rings. The minimum atomic E-state index is -3.43. The Hall–Kier alpha value is -3.13. The number of benzene rings is 2. The van der Waals surface area contributed by atoms with Crippen LogP contribution in [0, 0.1) is 0 Å². The van der Waals surface area contributed by atoms with Crippen LogP contribution in [0.5, 0.6) is 0 Å². The maximum Gasteiger partial charge on any atom is 0.338 e. The summed E-state index contributed by atoms with van der Waals surface area (Å²) in [6, 6.07) is 15.5. The van der Waals surface area contributed by atoms with Crippen LogP contribution in [0.1, 0.15) is 29.4 Å². The highest BCUT2D eigenvalue weighted by Crippen LogP contribution is 2.19. The normalized spacial score (nSPS) is 11.2. The smallest absolute Gasteiger partial charge is 0.338 e. The number of aromatic nitrogens is 1. The first-order valence-electron chi connectivity index (χ1n) is 8.74. The summed E-state index contributed by atoms with van der Waals surface area (Å²) >= 11 is 0. The predicted molar refractivity (Wildman–Crippen MR) is 105 cm³/mol. The third-order valence-corrected chi connectivity index (χ3v) is 5.26. The number of anilines is 1. The molecule has 2 aromatic carbocycles. The van der Waals surface area contributed by atoms with Gasteiger partial charge in [0.05, 0.1) is 11.3 Å². The van der Waals surface area contributed by atoms with Crippen molar-refractivity contribution in [2.24, 2.45) is 0 Å². The summed E-state index contributed by atoms with van der Waals surface area (Å²) in [5.74, 6) is -0.128. The fourth-order valence-electron chi connectivity index (χ4n) is 2.52. The first-order valence-corrected chi connectivity index (χ1v) is 10.4. The van der Waals surface area contributed by atoms with Gasteiger partial charge in [0, 0.05) is 11.3 Å². The summed E-state index contributed by atoms with van der Waals surface area (Å²) in [6.45, 7) is 1.72. The molecule has 0 spiro atoms. The van der Waals surface area contributed by atoms with Crippen LogP contribution in [-0.4, -0.2) is 25.1 Å². The second-order valence-corrected chi connectivity index (χ2v) is 7.93. The van der Waals surface area contributed by atoms with Gasteiger partial charge < -0.3 is 9.15 Å². The maximum absolute atomic E-state index is 12.3. The molecule has 7 nitrogen and oxygen atoms in total. The van der Waals surface area contributed by atoms with E-state index >= 15 is 0 Å². The molecule has 0 aliphatic rings. The van der Waals surface area contributed by atoms with Crippen LogP contribution >= 0.6 is 0 Å². The van der Waals surface area contributed by atoms with Crippen LogP contribution in [0.3, 0.4) is 0 Å². The molecular formula is C20H20N2O5S. The molecule has 28 heavy (non-hydrogen) atoms. The zero-order chi connectivity index (χ0) is 20.0. The minimum Gasteiger partial charge on any atom is -0.455 e. The molecule has 0 aliphatic heterocycles. The third-order valence-electron chi connectivity index (χ3n) is 3.77. The highest BCUT2D eigenvalue weighted by Gasteiger charge is 2.13. The lowest BCUT2D eigenvalue weighted by atomic mass is 10.2. The molecule has 0 aliphatic carbocycles. The Morgan fingerprint density at radius 1 is 1.14 bits per heavy atom. The second-order valence-electron chi connectivity index (χ2n) is 6.09. The van der Waals surface area contributed by atoms with E-state index in [0.717, 1.165) is 5.56 Å². The van der Waals surface area contributed by atoms with Crippen LogP contribution in [0.4, 0.5) is 5.69 Å². The van der Waals surface area contributed by atoms with E-state index in [1.807, 2.05) is 30.3 Å². The van der Waals surface area contributed by atoms with E-state index in [9.17, 15) is 13.2 Å². The van der Waals surface area contributed by atoms with E-state index in [1.165, 1.54) is 12.3 Å². The summed E-state index contributed by atoms with van der Waals surface area (Å²) in [5, 5.41) is 0. The number of sulfonamides is 1. The van der Waals surface area contributed by atoms with E-state index < -0.39 is 16.0 Å². The first kappa shape index (κ1) is 19.6. The quantitative estimate of drug-likeness (QED) is 0.577. The molecule has 1 heterocycles. The average molecular weight is 400 g/mol. The lowest BCUT2D eigenvalue weighted by molar-refractivity contribution is 0.0468. The van der Waals surface area contributed by atoms with Crippen LogP contribution in [0.25, 0.3) is 11.5 Å². The number of carbonyl (C=O) groups excluding carboxylic acids is 1. The molecule has 0 saturated carbocycles. The number of esters is 1. The van der Waals surface area contributed by atoms with E-state index in [1.54, 1.807) is 25.1 Å². The number of nitrogens with one attached hydrogen (secondary N) is 1. The van der Waals surface area contributed by atoms with Crippen molar-refractivity contribution in [2.45, 2.75) is 20.0 Å². The molecule has 0 bridgehead atoms. The number of carbonyl (C=O) groups is 1. The highest BCUT2D eigenvalue weighted by molar-refractivity contribution is 7.92. The van der Waals surface area contributed by atoms with Crippen molar-refractivity contribution in [3.8, 4) is 11.5 Å². The molecule has 3 aromatic rings. The molecular weight excluding hydrogens is 380 g/mol. The number of oxazole rings is 1. The number of nitrogens with zero attached hydrogens (tertiary/aromatic N) is 1. The van der Waals surface area contributed by atoms with E-state index in [2.05, 4.69) is 9.71 Å². The van der Waals surface area contributed by atoms with Crippen LogP contribution in [0.2, 0.25) is 0 Å². The summed E-state index contributed by atoms with van der Waals surface area (Å²) in [6.07, 6.45) is 1.94. The Balaban J connectivity index is 1.63. The topological polar surface area (TPSA) is 98.5 Å². The molecule has 0 amide bonds. The van der Waals surface area contributed by atoms with Gasteiger partial charge in [0.1, 0.15) is 18.6 Å². The van der Waals surface area contributed by atoms with Gasteiger partial charge in [0.15, 0.2) is 0 Å². The fraction of sp³-hybridized carbons (Fsp3) is 0.200. The van der Waals surface area contributed by atoms with Gasteiger partial charge >= 0.3 is 5.97 Å². The van der Waals surface area contributed by atoms with Gasteiger partial charge in [-0.15, -0.1) is 0 Å². The lowest BCUT2D eigenvalue weighted by Crippen LogP contribution is -2.16. The number of hydrogen-bond acceptors (Lipinski definition) is 6. The molecule has 0 radical (unpaired) electrons. The van der Waals surface area contributed by atoms with E-state index in [-0.39, 0.29) is 17.9 Å². The SMILES string of the molecule is CCCS(=O)(=O)Nc1cccc(C(=O)OCc2coc(-c3ccccc3)n2)c1. The summed E-state index contributed by atoms with van der Waals surface area (Å²) in [5.41, 5.74) is 1.86. The molecule has 0 unspecified atom stereocenters. The zero-order valence-electron chi connectivity index (χ0n) is 15.3. The second kappa shape index (κ2) is 8.71. The fourth-order valence-corrected chi connectivity index (χ4v) is 3.64. The monoisotopic (exact) mass is 400 g/mol. The minimum absolute atomic E-state index is 0.0115. The molecule has 3 rings (SSSR count). The summed E-state index contributed by atoms with van der Waals surface area (Å²) in [7, 11) is -3.43. The number of ether oxygens (including phenoxy) is 1. The van der Waals surface area contributed by atoms with Gasteiger partial charge in [-0.25, -0.2) is 18.2 Å². The highest BCUT2D eigenvalue weighted by atomic mass is 32.2. The van der Waals surface area contributed by atoms with E-state index in [4.69, 9.17) is 9.15 Å². The van der Waals surface area contributed by atoms with Gasteiger partial charge in [0.2, 0.25) is 15.9 Å². The molecule has 8 heteroatoms. The standard InChI is InChI=1S/C20H20N2O5S/c1-2-11-28(24,25)22-17-10-6-9-16(12-17)20(23)27-14-18-13-26-19(21-18)15-7-4-3-5-8-15/h3-10,12-13,22H,2,11,14H2,1H3. The lowest BCUT2D eigenvalue weighted by Gasteiger charge is -2.08. The predicted octanol–water partition coefficient (Wildman–Crippen LogP) is 3.85. The number of rotatable bonds is 8. The van der Waals surface area contributed by atoms with Crippen molar-refractivity contribution in [3.05, 3.63) is 72.1 Å². The van der Waals surface area contributed by atoms with Gasteiger partial charge in [-0.1, -0.05) is 31.2 Å². The Labute approximate surface area is 163 Å². The Morgan fingerprint density at radius 2 is 1.93 bits per heavy atom. The van der Waals surface area contributed by atoms with Gasteiger partial charge in [0.25, 0.3) is 0 Å².